The molecule has 1 aliphatic heterocycles. The molecule has 1 amide bonds. The van der Waals surface area contributed by atoms with E-state index in [4.69, 9.17) is 10.5 Å². The fraction of sp³-hybridized carbons (Fsp3) is 0.400. The molecule has 3 aromatic rings. The summed E-state index contributed by atoms with van der Waals surface area (Å²) in [7, 11) is 0. The highest BCUT2D eigenvalue weighted by atomic mass is 32.1. The van der Waals surface area contributed by atoms with Crippen LogP contribution in [0.2, 0.25) is 0 Å². The zero-order chi connectivity index (χ0) is 26.3. The first-order valence-electron chi connectivity index (χ1n) is 11.5. The minimum Gasteiger partial charge on any atom is -0.444 e. The molecule has 7 nitrogen and oxygen atoms in total. The van der Waals surface area contributed by atoms with Crippen molar-refractivity contribution < 1.29 is 22.7 Å². The molecule has 3 heterocycles. The second-order valence-corrected chi connectivity index (χ2v) is 10.8. The van der Waals surface area contributed by atoms with Crippen LogP contribution in [0.25, 0.3) is 15.8 Å². The quantitative estimate of drug-likeness (QED) is 0.383. The number of halogens is 3. The van der Waals surface area contributed by atoms with Crippen LogP contribution in [-0.2, 0) is 10.9 Å². The number of nitrogen functional groups attached to an aromatic ring is 1. The first-order valence-corrected chi connectivity index (χ1v) is 12.3. The fourth-order valence-corrected chi connectivity index (χ4v) is 5.01. The lowest BCUT2D eigenvalue weighted by atomic mass is 10.0. The van der Waals surface area contributed by atoms with Crippen molar-refractivity contribution in [3.05, 3.63) is 52.7 Å². The Hall–Kier alpha value is -3.34. The van der Waals surface area contributed by atoms with Gasteiger partial charge >= 0.3 is 12.3 Å². The molecule has 0 unspecified atom stereocenters. The van der Waals surface area contributed by atoms with E-state index in [-0.39, 0.29) is 11.8 Å². The maximum absolute atomic E-state index is 13.2. The number of thiophene rings is 1. The van der Waals surface area contributed by atoms with Gasteiger partial charge in [-0.2, -0.15) is 13.2 Å². The number of aromatic nitrogens is 2. The molecule has 192 valence electrons. The zero-order valence-electron chi connectivity index (χ0n) is 20.4. The van der Waals surface area contributed by atoms with Crippen molar-refractivity contribution in [1.82, 2.24) is 14.9 Å². The number of amides is 1. The number of hydrogen-bond donors (Lipinski definition) is 2. The summed E-state index contributed by atoms with van der Waals surface area (Å²) in [6.07, 6.45) is -0.722. The number of carbonyl (C=O) groups is 1. The largest absolute Gasteiger partial charge is 0.444 e. The summed E-state index contributed by atoms with van der Waals surface area (Å²) in [4.78, 5) is 23.7. The Labute approximate surface area is 211 Å². The highest BCUT2D eigenvalue weighted by Crippen LogP contribution is 2.37. The number of alkyl halides is 3. The van der Waals surface area contributed by atoms with Gasteiger partial charge in [0, 0.05) is 23.7 Å². The summed E-state index contributed by atoms with van der Waals surface area (Å²) in [5.41, 5.74) is 6.68. The predicted octanol–water partition coefficient (Wildman–Crippen LogP) is 6.49. The average molecular weight is 520 g/mol. The van der Waals surface area contributed by atoms with Gasteiger partial charge in [0.2, 0.25) is 0 Å². The monoisotopic (exact) mass is 519 g/mol. The molecule has 0 bridgehead atoms. The molecular weight excluding hydrogens is 491 g/mol. The van der Waals surface area contributed by atoms with Crippen LogP contribution in [-0.4, -0.2) is 39.7 Å². The summed E-state index contributed by atoms with van der Waals surface area (Å²) >= 11 is 1.50. The first-order chi connectivity index (χ1) is 16.8. The van der Waals surface area contributed by atoms with Crippen molar-refractivity contribution >= 4 is 44.7 Å². The first kappa shape index (κ1) is 25.7. The van der Waals surface area contributed by atoms with Crippen LogP contribution in [0.4, 0.5) is 29.5 Å². The molecule has 0 aliphatic carbocycles. The molecule has 1 aliphatic rings. The van der Waals surface area contributed by atoms with E-state index in [0.29, 0.717) is 30.9 Å². The second kappa shape index (κ2) is 9.61. The van der Waals surface area contributed by atoms with E-state index in [1.165, 1.54) is 23.7 Å². The summed E-state index contributed by atoms with van der Waals surface area (Å²) < 4.78 is 46.0. The molecule has 1 atom stereocenters. The Kier molecular flexibility index (Phi) is 6.87. The van der Waals surface area contributed by atoms with E-state index in [2.05, 4.69) is 15.3 Å². The molecule has 11 heteroatoms. The summed E-state index contributed by atoms with van der Waals surface area (Å²) in [5.74, 6) is 0.534. The number of rotatable bonds is 4. The fourth-order valence-electron chi connectivity index (χ4n) is 3.88. The smallest absolute Gasteiger partial charge is 0.416 e. The van der Waals surface area contributed by atoms with Gasteiger partial charge in [0.25, 0.3) is 0 Å². The van der Waals surface area contributed by atoms with Crippen LogP contribution in [0.5, 0.6) is 0 Å². The lowest BCUT2D eigenvalue weighted by Crippen LogP contribution is -2.39. The van der Waals surface area contributed by atoms with E-state index in [1.807, 2.05) is 32.9 Å². The molecular formula is C25H28F3N5O2S. The van der Waals surface area contributed by atoms with Crippen LogP contribution in [0.1, 0.15) is 56.2 Å². The normalized spacial score (nSPS) is 15.5. The third kappa shape index (κ3) is 5.89. The molecule has 1 aromatic carbocycles. The van der Waals surface area contributed by atoms with Gasteiger partial charge in [-0.3, -0.25) is 0 Å². The van der Waals surface area contributed by atoms with Gasteiger partial charge < -0.3 is 20.7 Å². The minimum absolute atomic E-state index is 0.0457. The van der Waals surface area contributed by atoms with Gasteiger partial charge in [0.1, 0.15) is 17.7 Å². The van der Waals surface area contributed by atoms with Crippen LogP contribution >= 0.6 is 11.3 Å². The highest BCUT2D eigenvalue weighted by molar-refractivity contribution is 7.20. The zero-order valence-corrected chi connectivity index (χ0v) is 21.3. The number of nitrogens with two attached hydrogens (primary N) is 1. The average Bonchev–Trinajstić information content (AvgIpc) is 3.22. The minimum atomic E-state index is -4.48. The Morgan fingerprint density at radius 2 is 1.94 bits per heavy atom. The summed E-state index contributed by atoms with van der Waals surface area (Å²) in [6.45, 7) is 8.25. The SMILES string of the molecule is C[C@@H](Nc1ncnc2cc(C3=CCN(C(=O)OC(C)(C)C)CC3)sc12)c1cc(N)cc(C(F)(F)F)c1. The third-order valence-electron chi connectivity index (χ3n) is 5.65. The number of benzene rings is 1. The Balaban J connectivity index is 1.54. The summed E-state index contributed by atoms with van der Waals surface area (Å²) in [5, 5.41) is 3.21. The van der Waals surface area contributed by atoms with Gasteiger partial charge in [0.05, 0.1) is 21.8 Å². The van der Waals surface area contributed by atoms with Crippen LogP contribution in [0, 0.1) is 0 Å². The number of nitrogens with one attached hydrogen (secondary N) is 1. The Morgan fingerprint density at radius 1 is 1.19 bits per heavy atom. The molecule has 3 N–H and O–H groups in total. The van der Waals surface area contributed by atoms with E-state index >= 15 is 0 Å². The van der Waals surface area contributed by atoms with Gasteiger partial charge in [-0.15, -0.1) is 11.3 Å². The number of anilines is 2. The van der Waals surface area contributed by atoms with E-state index in [1.54, 1.807) is 11.8 Å². The van der Waals surface area contributed by atoms with E-state index in [0.717, 1.165) is 32.8 Å². The predicted molar refractivity (Wildman–Crippen MR) is 136 cm³/mol. The van der Waals surface area contributed by atoms with E-state index in [9.17, 15) is 18.0 Å². The highest BCUT2D eigenvalue weighted by Gasteiger charge is 2.31. The van der Waals surface area contributed by atoms with Crippen LogP contribution < -0.4 is 11.1 Å². The maximum atomic E-state index is 13.2. The lowest BCUT2D eigenvalue weighted by Gasteiger charge is -2.29. The molecule has 0 saturated heterocycles. The Bertz CT molecular complexity index is 1310. The Morgan fingerprint density at radius 3 is 2.58 bits per heavy atom. The number of fused-ring (bicyclic) bond motifs is 1. The van der Waals surface area contributed by atoms with E-state index < -0.39 is 23.4 Å². The molecule has 0 spiro atoms. The topological polar surface area (TPSA) is 93.4 Å². The van der Waals surface area contributed by atoms with Crippen molar-refractivity contribution in [2.24, 2.45) is 0 Å². The van der Waals surface area contributed by atoms with Gasteiger partial charge in [-0.25, -0.2) is 14.8 Å². The molecule has 0 radical (unpaired) electrons. The molecule has 0 fully saturated rings. The van der Waals surface area contributed by atoms with Crippen molar-refractivity contribution in [3.8, 4) is 0 Å². The second-order valence-electron chi connectivity index (χ2n) is 9.71. The van der Waals surface area contributed by atoms with Crippen molar-refractivity contribution in [2.45, 2.75) is 51.9 Å². The number of ether oxygens (including phenoxy) is 1. The molecule has 2 aromatic heterocycles. The van der Waals surface area contributed by atoms with Gasteiger partial charge in [-0.05, 0) is 69.5 Å². The number of nitrogens with zero attached hydrogens (tertiary/aromatic N) is 3. The molecule has 36 heavy (non-hydrogen) atoms. The third-order valence-corrected chi connectivity index (χ3v) is 6.85. The van der Waals surface area contributed by atoms with Crippen LogP contribution in [0.15, 0.2) is 36.7 Å². The maximum Gasteiger partial charge on any atom is 0.416 e. The van der Waals surface area contributed by atoms with Crippen LogP contribution in [0.3, 0.4) is 0 Å². The lowest BCUT2D eigenvalue weighted by molar-refractivity contribution is -0.137. The van der Waals surface area contributed by atoms with Gasteiger partial charge in [-0.1, -0.05) is 6.08 Å². The molecule has 4 rings (SSSR count). The van der Waals surface area contributed by atoms with Crippen molar-refractivity contribution in [3.63, 3.8) is 0 Å². The molecule has 0 saturated carbocycles. The number of hydrogen-bond acceptors (Lipinski definition) is 7. The number of carbonyl (C=O) groups excluding carboxylic acids is 1. The summed E-state index contributed by atoms with van der Waals surface area (Å²) in [6, 6.07) is 5.03. The van der Waals surface area contributed by atoms with Gasteiger partial charge in [0.15, 0.2) is 0 Å². The van der Waals surface area contributed by atoms with Crippen molar-refractivity contribution in [1.29, 1.82) is 0 Å². The van der Waals surface area contributed by atoms with Crippen molar-refractivity contribution in [2.75, 3.05) is 24.1 Å². The standard InChI is InChI=1S/C25H28F3N5O2S/c1-14(16-9-17(25(26,27)28)11-18(29)10-16)32-22-21-19(30-13-31-22)12-20(36-21)15-5-7-33(8-6-15)23(34)35-24(2,3)4/h5,9-14H,6-8,29H2,1-4H3,(H,30,31,32)/t14-/m1/s1.